The number of aryl methyl sites for hydroxylation is 1. The van der Waals surface area contributed by atoms with Crippen LogP contribution in [0.25, 0.3) is 0 Å². The predicted molar refractivity (Wildman–Crippen MR) is 66.9 cm³/mol. The largest absolute Gasteiger partial charge is 0.383 e. The first-order valence-electron chi connectivity index (χ1n) is 6.07. The van der Waals surface area contributed by atoms with E-state index in [4.69, 9.17) is 4.74 Å². The fourth-order valence-electron chi connectivity index (χ4n) is 2.37. The Hall–Kier alpha value is -0.860. The quantitative estimate of drug-likeness (QED) is 0.771. The molecule has 1 fully saturated rings. The molecule has 1 atom stereocenters. The Morgan fingerprint density at radius 3 is 2.75 bits per heavy atom. The lowest BCUT2D eigenvalue weighted by atomic mass is 9.98. The third kappa shape index (κ3) is 2.83. The zero-order valence-electron chi connectivity index (χ0n) is 10.3. The fourth-order valence-corrected chi connectivity index (χ4v) is 2.37. The van der Waals surface area contributed by atoms with E-state index < -0.39 is 0 Å². The Morgan fingerprint density at radius 1 is 1.31 bits per heavy atom. The highest BCUT2D eigenvalue weighted by molar-refractivity contribution is 5.25. The Balaban J connectivity index is 1.90. The number of likely N-dealkylation sites (tertiary alicyclic amines) is 1. The van der Waals surface area contributed by atoms with Crippen molar-refractivity contribution in [2.24, 2.45) is 0 Å². The van der Waals surface area contributed by atoms with Gasteiger partial charge in [-0.15, -0.1) is 0 Å². The molecule has 0 saturated carbocycles. The van der Waals surface area contributed by atoms with Gasteiger partial charge in [-0.3, -0.25) is 0 Å². The van der Waals surface area contributed by atoms with E-state index in [1.165, 1.54) is 30.6 Å². The molecule has 88 valence electrons. The normalized spacial score (nSPS) is 21.5. The van der Waals surface area contributed by atoms with E-state index in [1.54, 1.807) is 7.11 Å². The Labute approximate surface area is 98.2 Å². The van der Waals surface area contributed by atoms with Gasteiger partial charge in [0.05, 0.1) is 6.61 Å². The van der Waals surface area contributed by atoms with Crippen LogP contribution in [0.2, 0.25) is 0 Å². The molecule has 2 rings (SSSR count). The van der Waals surface area contributed by atoms with Crippen LogP contribution in [-0.4, -0.2) is 38.3 Å². The zero-order valence-corrected chi connectivity index (χ0v) is 10.3. The highest BCUT2D eigenvalue weighted by Crippen LogP contribution is 2.26. The van der Waals surface area contributed by atoms with Gasteiger partial charge in [-0.2, -0.15) is 0 Å². The molecule has 0 spiro atoms. The second kappa shape index (κ2) is 5.46. The van der Waals surface area contributed by atoms with Gasteiger partial charge in [0.15, 0.2) is 0 Å². The number of ether oxygens (including phenoxy) is 1. The van der Waals surface area contributed by atoms with Crippen molar-refractivity contribution in [1.82, 2.24) is 4.90 Å². The van der Waals surface area contributed by atoms with Gasteiger partial charge in [0.25, 0.3) is 0 Å². The fraction of sp³-hybridized carbons (Fsp3) is 0.571. The standard InChI is InChI=1S/C14H21NO/c1-12-3-5-13(6-4-12)14-7-8-15(11-14)9-10-16-2/h3-6,14H,7-11H2,1-2H3. The van der Waals surface area contributed by atoms with Gasteiger partial charge >= 0.3 is 0 Å². The molecule has 0 amide bonds. The van der Waals surface area contributed by atoms with Gasteiger partial charge in [-0.25, -0.2) is 0 Å². The summed E-state index contributed by atoms with van der Waals surface area (Å²) in [5, 5.41) is 0. The number of rotatable bonds is 4. The van der Waals surface area contributed by atoms with Crippen molar-refractivity contribution in [1.29, 1.82) is 0 Å². The highest BCUT2D eigenvalue weighted by Gasteiger charge is 2.22. The summed E-state index contributed by atoms with van der Waals surface area (Å²) in [7, 11) is 1.77. The minimum absolute atomic E-state index is 0.720. The van der Waals surface area contributed by atoms with E-state index in [2.05, 4.69) is 36.1 Å². The van der Waals surface area contributed by atoms with Crippen LogP contribution in [0.1, 0.15) is 23.5 Å². The molecule has 1 aromatic rings. The van der Waals surface area contributed by atoms with E-state index in [0.29, 0.717) is 0 Å². The molecule has 1 aliphatic rings. The summed E-state index contributed by atoms with van der Waals surface area (Å²) in [4.78, 5) is 2.49. The van der Waals surface area contributed by atoms with E-state index in [-0.39, 0.29) is 0 Å². The summed E-state index contributed by atoms with van der Waals surface area (Å²) in [6.45, 7) is 6.46. The Kier molecular flexibility index (Phi) is 3.97. The molecule has 1 aromatic carbocycles. The molecule has 1 heterocycles. The molecule has 1 saturated heterocycles. The number of benzene rings is 1. The van der Waals surface area contributed by atoms with Crippen LogP contribution in [0, 0.1) is 6.92 Å². The average Bonchev–Trinajstić information content (AvgIpc) is 2.76. The van der Waals surface area contributed by atoms with Gasteiger partial charge in [0, 0.05) is 20.2 Å². The second-order valence-electron chi connectivity index (χ2n) is 4.69. The smallest absolute Gasteiger partial charge is 0.0589 e. The van der Waals surface area contributed by atoms with Crippen LogP contribution in [-0.2, 0) is 4.74 Å². The van der Waals surface area contributed by atoms with E-state index in [1.807, 2.05) is 0 Å². The van der Waals surface area contributed by atoms with E-state index in [0.717, 1.165) is 19.1 Å². The molecule has 0 radical (unpaired) electrons. The maximum Gasteiger partial charge on any atom is 0.0589 e. The van der Waals surface area contributed by atoms with Crippen molar-refractivity contribution in [2.75, 3.05) is 33.4 Å². The summed E-state index contributed by atoms with van der Waals surface area (Å²) < 4.78 is 5.12. The van der Waals surface area contributed by atoms with Gasteiger partial charge < -0.3 is 9.64 Å². The maximum atomic E-state index is 5.12. The minimum atomic E-state index is 0.720. The van der Waals surface area contributed by atoms with Gasteiger partial charge in [-0.05, 0) is 31.4 Å². The first kappa shape index (κ1) is 11.6. The Morgan fingerprint density at radius 2 is 2.06 bits per heavy atom. The van der Waals surface area contributed by atoms with Crippen LogP contribution in [0.5, 0.6) is 0 Å². The molecule has 2 heteroatoms. The molecule has 2 nitrogen and oxygen atoms in total. The van der Waals surface area contributed by atoms with Crippen molar-refractivity contribution >= 4 is 0 Å². The Bertz CT molecular complexity index is 320. The van der Waals surface area contributed by atoms with Gasteiger partial charge in [0.2, 0.25) is 0 Å². The van der Waals surface area contributed by atoms with E-state index >= 15 is 0 Å². The molecule has 1 aliphatic heterocycles. The lowest BCUT2D eigenvalue weighted by Crippen LogP contribution is -2.24. The van der Waals surface area contributed by atoms with Gasteiger partial charge in [-0.1, -0.05) is 29.8 Å². The summed E-state index contributed by atoms with van der Waals surface area (Å²) in [5.41, 5.74) is 2.84. The molecule has 0 aliphatic carbocycles. The van der Waals surface area contributed by atoms with Crippen molar-refractivity contribution < 1.29 is 4.74 Å². The molecular formula is C14H21NO. The molecular weight excluding hydrogens is 198 g/mol. The third-order valence-corrected chi connectivity index (χ3v) is 3.43. The van der Waals surface area contributed by atoms with Crippen molar-refractivity contribution in [3.63, 3.8) is 0 Å². The number of nitrogens with zero attached hydrogens (tertiary/aromatic N) is 1. The maximum absolute atomic E-state index is 5.12. The number of methoxy groups -OCH3 is 1. The molecule has 0 N–H and O–H groups in total. The highest BCUT2D eigenvalue weighted by atomic mass is 16.5. The van der Waals surface area contributed by atoms with E-state index in [9.17, 15) is 0 Å². The van der Waals surface area contributed by atoms with Crippen LogP contribution >= 0.6 is 0 Å². The summed E-state index contributed by atoms with van der Waals surface area (Å²) >= 11 is 0. The summed E-state index contributed by atoms with van der Waals surface area (Å²) in [6, 6.07) is 8.99. The van der Waals surface area contributed by atoms with Crippen LogP contribution in [0.4, 0.5) is 0 Å². The monoisotopic (exact) mass is 219 g/mol. The van der Waals surface area contributed by atoms with Crippen molar-refractivity contribution in [2.45, 2.75) is 19.3 Å². The van der Waals surface area contributed by atoms with Crippen molar-refractivity contribution in [3.05, 3.63) is 35.4 Å². The number of hydrogen-bond acceptors (Lipinski definition) is 2. The lowest BCUT2D eigenvalue weighted by Gasteiger charge is -2.15. The van der Waals surface area contributed by atoms with Gasteiger partial charge in [0.1, 0.15) is 0 Å². The lowest BCUT2D eigenvalue weighted by molar-refractivity contribution is 0.160. The molecule has 0 aromatic heterocycles. The average molecular weight is 219 g/mol. The van der Waals surface area contributed by atoms with Crippen LogP contribution < -0.4 is 0 Å². The first-order chi connectivity index (χ1) is 7.79. The third-order valence-electron chi connectivity index (χ3n) is 3.43. The van der Waals surface area contributed by atoms with Crippen LogP contribution in [0.3, 0.4) is 0 Å². The summed E-state index contributed by atoms with van der Waals surface area (Å²) in [5.74, 6) is 0.720. The molecule has 16 heavy (non-hydrogen) atoms. The summed E-state index contributed by atoms with van der Waals surface area (Å²) in [6.07, 6.45) is 1.28. The van der Waals surface area contributed by atoms with Crippen molar-refractivity contribution in [3.8, 4) is 0 Å². The zero-order chi connectivity index (χ0) is 11.4. The first-order valence-corrected chi connectivity index (χ1v) is 6.07. The molecule has 1 unspecified atom stereocenters. The van der Waals surface area contributed by atoms with Crippen LogP contribution in [0.15, 0.2) is 24.3 Å². The minimum Gasteiger partial charge on any atom is -0.383 e. The molecule has 0 bridgehead atoms. The number of hydrogen-bond donors (Lipinski definition) is 0. The topological polar surface area (TPSA) is 12.5 Å². The predicted octanol–water partition coefficient (Wildman–Crippen LogP) is 2.43. The SMILES string of the molecule is COCCN1CCC(c2ccc(C)cc2)C1. The second-order valence-corrected chi connectivity index (χ2v) is 4.69.